The highest BCUT2D eigenvalue weighted by Crippen LogP contribution is 2.40. The number of hydrogen-bond donors (Lipinski definition) is 0. The topological polar surface area (TPSA) is 16.4 Å². The highest BCUT2D eigenvalue weighted by Gasteiger charge is 2.16. The van der Waals surface area contributed by atoms with E-state index in [0.29, 0.717) is 0 Å². The fourth-order valence-corrected chi connectivity index (χ4v) is 6.68. The van der Waals surface area contributed by atoms with E-state index in [1.807, 2.05) is 18.2 Å². The molecule has 0 fully saturated rings. The van der Waals surface area contributed by atoms with Crippen LogP contribution < -0.4 is 4.90 Å². The average molecular weight is 588 g/mol. The van der Waals surface area contributed by atoms with Gasteiger partial charge >= 0.3 is 0 Å². The summed E-state index contributed by atoms with van der Waals surface area (Å²) in [6, 6.07) is 62.8. The quantitative estimate of drug-likeness (QED) is 0.186. The van der Waals surface area contributed by atoms with Gasteiger partial charge in [0.2, 0.25) is 0 Å². The molecule has 9 aromatic rings. The van der Waals surface area contributed by atoms with Crippen LogP contribution in [0.25, 0.3) is 65.7 Å². The van der Waals surface area contributed by atoms with Gasteiger partial charge in [-0.2, -0.15) is 0 Å². The molecule has 0 aliphatic carbocycles. The van der Waals surface area contributed by atoms with Crippen LogP contribution in [0.3, 0.4) is 0 Å². The van der Waals surface area contributed by atoms with E-state index < -0.39 is 0 Å². The predicted molar refractivity (Wildman–Crippen MR) is 194 cm³/mol. The monoisotopic (exact) mass is 587 g/mol. The molecule has 9 rings (SSSR count). The molecule has 0 radical (unpaired) electrons. The van der Waals surface area contributed by atoms with Crippen molar-refractivity contribution in [3.63, 3.8) is 0 Å². The van der Waals surface area contributed by atoms with E-state index in [1.165, 1.54) is 43.4 Å². The van der Waals surface area contributed by atoms with E-state index in [4.69, 9.17) is 4.42 Å². The standard InChI is InChI=1S/C44H29NO/c1-2-10-33-26-34(18-16-30(33)8-1)31-20-22-38(23-21-31)45(40-24-25-42-35(27-40)19-17-32-9-3-5-14-41(32)42)39-13-7-12-36(28-39)44-29-37-11-4-6-15-43(37)46-44/h1-29H. The van der Waals surface area contributed by atoms with Gasteiger partial charge in [-0.15, -0.1) is 0 Å². The van der Waals surface area contributed by atoms with Crippen molar-refractivity contribution in [1.29, 1.82) is 0 Å². The molecule has 46 heavy (non-hydrogen) atoms. The number of nitrogens with zero attached hydrogens (tertiary/aromatic N) is 1. The number of furan rings is 1. The molecule has 0 saturated carbocycles. The average Bonchev–Trinajstić information content (AvgIpc) is 3.57. The Bertz CT molecular complexity index is 2510. The summed E-state index contributed by atoms with van der Waals surface area (Å²) >= 11 is 0. The summed E-state index contributed by atoms with van der Waals surface area (Å²) in [4.78, 5) is 2.34. The van der Waals surface area contributed by atoms with E-state index in [9.17, 15) is 0 Å². The third-order valence-corrected chi connectivity index (χ3v) is 9.01. The van der Waals surface area contributed by atoms with Crippen molar-refractivity contribution in [1.82, 2.24) is 0 Å². The Balaban J connectivity index is 1.17. The summed E-state index contributed by atoms with van der Waals surface area (Å²) in [5, 5.41) is 8.59. The Hall–Kier alpha value is -6.12. The molecule has 0 N–H and O–H groups in total. The molecule has 1 heterocycles. The van der Waals surface area contributed by atoms with Crippen LogP contribution in [0.5, 0.6) is 0 Å². The molecular formula is C44H29NO. The van der Waals surface area contributed by atoms with Gasteiger partial charge in [0, 0.05) is 28.0 Å². The summed E-state index contributed by atoms with van der Waals surface area (Å²) < 4.78 is 6.28. The third-order valence-electron chi connectivity index (χ3n) is 9.01. The number of fused-ring (bicyclic) bond motifs is 5. The van der Waals surface area contributed by atoms with Crippen LogP contribution >= 0.6 is 0 Å². The van der Waals surface area contributed by atoms with Crippen LogP contribution in [0.15, 0.2) is 180 Å². The fourth-order valence-electron chi connectivity index (χ4n) is 6.68. The minimum atomic E-state index is 0.861. The highest BCUT2D eigenvalue weighted by atomic mass is 16.3. The van der Waals surface area contributed by atoms with Crippen molar-refractivity contribution < 1.29 is 4.42 Å². The molecule has 0 saturated heterocycles. The maximum atomic E-state index is 6.28. The van der Waals surface area contributed by atoms with Gasteiger partial charge in [0.25, 0.3) is 0 Å². The van der Waals surface area contributed by atoms with E-state index in [-0.39, 0.29) is 0 Å². The van der Waals surface area contributed by atoms with Crippen molar-refractivity contribution in [3.05, 3.63) is 176 Å². The van der Waals surface area contributed by atoms with E-state index in [1.54, 1.807) is 0 Å². The van der Waals surface area contributed by atoms with Crippen molar-refractivity contribution in [2.24, 2.45) is 0 Å². The maximum Gasteiger partial charge on any atom is 0.135 e. The number of para-hydroxylation sites is 1. The van der Waals surface area contributed by atoms with Crippen molar-refractivity contribution in [2.45, 2.75) is 0 Å². The molecule has 0 bridgehead atoms. The summed E-state index contributed by atoms with van der Waals surface area (Å²) in [6.07, 6.45) is 0. The van der Waals surface area contributed by atoms with Crippen LogP contribution in [-0.4, -0.2) is 0 Å². The molecule has 8 aromatic carbocycles. The van der Waals surface area contributed by atoms with Crippen LogP contribution in [0, 0.1) is 0 Å². The summed E-state index contributed by atoms with van der Waals surface area (Å²) in [6.45, 7) is 0. The highest BCUT2D eigenvalue weighted by molar-refractivity contribution is 6.08. The zero-order chi connectivity index (χ0) is 30.5. The van der Waals surface area contributed by atoms with Crippen LogP contribution in [0.1, 0.15) is 0 Å². The Labute approximate surface area is 267 Å². The summed E-state index contributed by atoms with van der Waals surface area (Å²) in [5.41, 5.74) is 7.59. The minimum Gasteiger partial charge on any atom is -0.456 e. The lowest BCUT2D eigenvalue weighted by molar-refractivity contribution is 0.631. The predicted octanol–water partition coefficient (Wildman–Crippen LogP) is 12.7. The first kappa shape index (κ1) is 26.3. The van der Waals surface area contributed by atoms with Gasteiger partial charge < -0.3 is 9.32 Å². The van der Waals surface area contributed by atoms with Gasteiger partial charge in [0.15, 0.2) is 0 Å². The molecule has 216 valence electrons. The zero-order valence-corrected chi connectivity index (χ0v) is 25.1. The normalized spacial score (nSPS) is 11.5. The molecule has 2 nitrogen and oxygen atoms in total. The zero-order valence-electron chi connectivity index (χ0n) is 25.1. The number of anilines is 3. The summed E-state index contributed by atoms with van der Waals surface area (Å²) in [7, 11) is 0. The molecule has 1 aromatic heterocycles. The van der Waals surface area contributed by atoms with Crippen molar-refractivity contribution in [2.75, 3.05) is 4.90 Å². The number of hydrogen-bond acceptors (Lipinski definition) is 2. The van der Waals surface area contributed by atoms with Gasteiger partial charge in [-0.05, 0) is 98.0 Å². The Morgan fingerprint density at radius 1 is 0.326 bits per heavy atom. The third kappa shape index (κ3) is 4.60. The smallest absolute Gasteiger partial charge is 0.135 e. The van der Waals surface area contributed by atoms with Gasteiger partial charge in [-0.25, -0.2) is 0 Å². The van der Waals surface area contributed by atoms with Crippen molar-refractivity contribution >= 4 is 60.3 Å². The van der Waals surface area contributed by atoms with Gasteiger partial charge in [-0.3, -0.25) is 0 Å². The van der Waals surface area contributed by atoms with Crippen LogP contribution in [-0.2, 0) is 0 Å². The van der Waals surface area contributed by atoms with E-state index in [0.717, 1.165) is 39.4 Å². The summed E-state index contributed by atoms with van der Waals surface area (Å²) in [5.74, 6) is 0.861. The van der Waals surface area contributed by atoms with E-state index in [2.05, 4.69) is 163 Å². The second kappa shape index (κ2) is 10.8. The number of benzene rings is 8. The van der Waals surface area contributed by atoms with Gasteiger partial charge in [0.1, 0.15) is 11.3 Å². The minimum absolute atomic E-state index is 0.861. The Morgan fingerprint density at radius 2 is 0.978 bits per heavy atom. The molecule has 0 atom stereocenters. The second-order valence-corrected chi connectivity index (χ2v) is 11.8. The first-order valence-corrected chi connectivity index (χ1v) is 15.7. The lowest BCUT2D eigenvalue weighted by atomic mass is 10.00. The lowest BCUT2D eigenvalue weighted by Gasteiger charge is -2.26. The first-order chi connectivity index (χ1) is 22.8. The molecule has 2 heteroatoms. The Morgan fingerprint density at radius 3 is 1.85 bits per heavy atom. The SMILES string of the molecule is c1cc(-c2cc3ccccc3o2)cc(N(c2ccc(-c3ccc4ccccc4c3)cc2)c2ccc3c(ccc4ccccc43)c2)c1. The van der Waals surface area contributed by atoms with Crippen LogP contribution in [0.2, 0.25) is 0 Å². The molecule has 0 unspecified atom stereocenters. The first-order valence-electron chi connectivity index (χ1n) is 15.7. The molecular weight excluding hydrogens is 558 g/mol. The van der Waals surface area contributed by atoms with Crippen LogP contribution in [0.4, 0.5) is 17.1 Å². The van der Waals surface area contributed by atoms with Gasteiger partial charge in [0.05, 0.1) is 0 Å². The molecule has 0 amide bonds. The van der Waals surface area contributed by atoms with E-state index >= 15 is 0 Å². The molecule has 0 aliphatic rings. The van der Waals surface area contributed by atoms with Crippen molar-refractivity contribution in [3.8, 4) is 22.5 Å². The fraction of sp³-hybridized carbons (Fsp3) is 0. The molecule has 0 spiro atoms. The molecule has 0 aliphatic heterocycles. The second-order valence-electron chi connectivity index (χ2n) is 11.8. The Kier molecular flexibility index (Phi) is 6.17. The number of rotatable bonds is 5. The maximum absolute atomic E-state index is 6.28. The largest absolute Gasteiger partial charge is 0.456 e. The van der Waals surface area contributed by atoms with Gasteiger partial charge in [-0.1, -0.05) is 121 Å². The lowest BCUT2D eigenvalue weighted by Crippen LogP contribution is -2.10.